The fraction of sp³-hybridized carbons (Fsp3) is 0.533. The van der Waals surface area contributed by atoms with E-state index in [1.165, 1.54) is 0 Å². The third-order valence-electron chi connectivity index (χ3n) is 2.85. The lowest BCUT2D eigenvalue weighted by atomic mass is 10.1. The Bertz CT molecular complexity index is 395. The average Bonchev–Trinajstić information content (AvgIpc) is 2.44. The van der Waals surface area contributed by atoms with Gasteiger partial charge in [0, 0.05) is 12.4 Å². The molecular formula is C15H22ClNO2. The van der Waals surface area contributed by atoms with Crippen LogP contribution in [0.2, 0.25) is 0 Å². The average molecular weight is 284 g/mol. The van der Waals surface area contributed by atoms with Crippen molar-refractivity contribution >= 4 is 17.5 Å². The molecule has 1 unspecified atom stereocenters. The number of rotatable bonds is 8. The lowest BCUT2D eigenvalue weighted by Gasteiger charge is -2.11. The monoisotopic (exact) mass is 283 g/mol. The van der Waals surface area contributed by atoms with E-state index in [9.17, 15) is 4.79 Å². The van der Waals surface area contributed by atoms with Crippen LogP contribution in [0.25, 0.3) is 0 Å². The Hall–Kier alpha value is -1.22. The highest BCUT2D eigenvalue weighted by molar-refractivity contribution is 6.18. The number of halogens is 1. The summed E-state index contributed by atoms with van der Waals surface area (Å²) >= 11 is 5.74. The Kier molecular flexibility index (Phi) is 7.34. The highest BCUT2D eigenvalue weighted by atomic mass is 35.5. The summed E-state index contributed by atoms with van der Waals surface area (Å²) in [4.78, 5) is 12.0. The van der Waals surface area contributed by atoms with E-state index in [0.29, 0.717) is 36.3 Å². The first-order valence-electron chi connectivity index (χ1n) is 6.75. The number of hydrogen-bond donors (Lipinski definition) is 1. The fourth-order valence-electron chi connectivity index (χ4n) is 1.76. The highest BCUT2D eigenvalue weighted by Gasteiger charge is 2.11. The van der Waals surface area contributed by atoms with Gasteiger partial charge >= 0.3 is 0 Å². The smallest absolute Gasteiger partial charge is 0.255 e. The van der Waals surface area contributed by atoms with Crippen LogP contribution in [-0.4, -0.2) is 24.9 Å². The molecule has 1 amide bonds. The maximum absolute atomic E-state index is 12.0. The molecule has 1 aromatic carbocycles. The summed E-state index contributed by atoms with van der Waals surface area (Å²) in [6.45, 7) is 5.24. The molecule has 1 atom stereocenters. The topological polar surface area (TPSA) is 38.3 Å². The molecule has 1 aromatic rings. The van der Waals surface area contributed by atoms with Crippen LogP contribution in [0.3, 0.4) is 0 Å². The number of amides is 1. The van der Waals surface area contributed by atoms with Gasteiger partial charge in [-0.1, -0.05) is 19.1 Å². The first-order chi connectivity index (χ1) is 9.19. The SMILES string of the molecule is CCOc1ccccc1C(=O)NCCCC(C)CCl. The summed E-state index contributed by atoms with van der Waals surface area (Å²) in [5, 5.41) is 2.92. The largest absolute Gasteiger partial charge is 0.493 e. The van der Waals surface area contributed by atoms with Crippen LogP contribution in [0.4, 0.5) is 0 Å². The lowest BCUT2D eigenvalue weighted by Crippen LogP contribution is -2.25. The van der Waals surface area contributed by atoms with E-state index in [2.05, 4.69) is 12.2 Å². The van der Waals surface area contributed by atoms with Gasteiger partial charge in [-0.15, -0.1) is 11.6 Å². The molecule has 1 rings (SSSR count). The van der Waals surface area contributed by atoms with E-state index in [4.69, 9.17) is 16.3 Å². The third-order valence-corrected chi connectivity index (χ3v) is 3.38. The molecule has 0 aromatic heterocycles. The summed E-state index contributed by atoms with van der Waals surface area (Å²) in [5.41, 5.74) is 0.592. The van der Waals surface area contributed by atoms with Gasteiger partial charge in [0.05, 0.1) is 12.2 Å². The van der Waals surface area contributed by atoms with E-state index in [1.54, 1.807) is 6.07 Å². The zero-order valence-corrected chi connectivity index (χ0v) is 12.4. The Balaban J connectivity index is 2.45. The number of carbonyl (C=O) groups excluding carboxylic acids is 1. The summed E-state index contributed by atoms with van der Waals surface area (Å²) in [6, 6.07) is 7.30. The van der Waals surface area contributed by atoms with Crippen molar-refractivity contribution in [2.24, 2.45) is 5.92 Å². The molecule has 0 fully saturated rings. The molecular weight excluding hydrogens is 262 g/mol. The Labute approximate surface area is 120 Å². The molecule has 106 valence electrons. The molecule has 0 saturated carbocycles. The van der Waals surface area contributed by atoms with Crippen molar-refractivity contribution in [1.82, 2.24) is 5.32 Å². The number of carbonyl (C=O) groups is 1. The van der Waals surface area contributed by atoms with Crippen molar-refractivity contribution in [3.63, 3.8) is 0 Å². The fourth-order valence-corrected chi connectivity index (χ4v) is 1.91. The van der Waals surface area contributed by atoms with Gasteiger partial charge in [-0.25, -0.2) is 0 Å². The van der Waals surface area contributed by atoms with Crippen LogP contribution >= 0.6 is 11.6 Å². The van der Waals surface area contributed by atoms with Gasteiger partial charge in [-0.2, -0.15) is 0 Å². The van der Waals surface area contributed by atoms with Crippen LogP contribution in [0, 0.1) is 5.92 Å². The maximum atomic E-state index is 12.0. The number of ether oxygens (including phenoxy) is 1. The molecule has 0 aliphatic rings. The van der Waals surface area contributed by atoms with Gasteiger partial charge in [0.15, 0.2) is 0 Å². The second kappa shape index (κ2) is 8.81. The number of benzene rings is 1. The minimum atomic E-state index is -0.0809. The number of nitrogens with one attached hydrogen (secondary N) is 1. The molecule has 0 bridgehead atoms. The van der Waals surface area contributed by atoms with Crippen molar-refractivity contribution in [3.8, 4) is 5.75 Å². The molecule has 0 heterocycles. The zero-order chi connectivity index (χ0) is 14.1. The van der Waals surface area contributed by atoms with Gasteiger partial charge in [-0.3, -0.25) is 4.79 Å². The summed E-state index contributed by atoms with van der Waals surface area (Å²) in [5.74, 6) is 1.72. The summed E-state index contributed by atoms with van der Waals surface area (Å²) in [7, 11) is 0. The van der Waals surface area contributed by atoms with Crippen molar-refractivity contribution in [1.29, 1.82) is 0 Å². The minimum Gasteiger partial charge on any atom is -0.493 e. The molecule has 0 spiro atoms. The molecule has 0 aliphatic carbocycles. The Morgan fingerprint density at radius 2 is 2.16 bits per heavy atom. The van der Waals surface area contributed by atoms with E-state index >= 15 is 0 Å². The van der Waals surface area contributed by atoms with Gasteiger partial charge in [0.1, 0.15) is 5.75 Å². The molecule has 0 radical (unpaired) electrons. The molecule has 0 saturated heterocycles. The van der Waals surface area contributed by atoms with Crippen molar-refractivity contribution < 1.29 is 9.53 Å². The van der Waals surface area contributed by atoms with Crippen molar-refractivity contribution in [2.45, 2.75) is 26.7 Å². The number of hydrogen-bond acceptors (Lipinski definition) is 2. The number of para-hydroxylation sites is 1. The summed E-state index contributed by atoms with van der Waals surface area (Å²) in [6.07, 6.45) is 1.97. The van der Waals surface area contributed by atoms with Gasteiger partial charge in [-0.05, 0) is 37.8 Å². The third kappa shape index (κ3) is 5.52. The molecule has 3 nitrogen and oxygen atoms in total. The van der Waals surface area contributed by atoms with Gasteiger partial charge < -0.3 is 10.1 Å². The maximum Gasteiger partial charge on any atom is 0.255 e. The van der Waals surface area contributed by atoms with Gasteiger partial charge in [0.2, 0.25) is 0 Å². The second-order valence-electron chi connectivity index (χ2n) is 4.59. The highest BCUT2D eigenvalue weighted by Crippen LogP contribution is 2.17. The van der Waals surface area contributed by atoms with Crippen LogP contribution in [0.1, 0.15) is 37.0 Å². The molecule has 19 heavy (non-hydrogen) atoms. The standard InChI is InChI=1S/C15H22ClNO2/c1-3-19-14-9-5-4-8-13(14)15(18)17-10-6-7-12(2)11-16/h4-5,8-9,12H,3,6-7,10-11H2,1-2H3,(H,17,18). The van der Waals surface area contributed by atoms with Crippen molar-refractivity contribution in [2.75, 3.05) is 19.0 Å². The normalized spacial score (nSPS) is 11.9. The first kappa shape index (κ1) is 15.8. The van der Waals surface area contributed by atoms with Crippen LogP contribution in [-0.2, 0) is 0 Å². The Morgan fingerprint density at radius 3 is 2.84 bits per heavy atom. The predicted octanol–water partition coefficient (Wildman–Crippen LogP) is 3.47. The van der Waals surface area contributed by atoms with Crippen LogP contribution in [0.5, 0.6) is 5.75 Å². The first-order valence-corrected chi connectivity index (χ1v) is 7.28. The van der Waals surface area contributed by atoms with Crippen LogP contribution < -0.4 is 10.1 Å². The minimum absolute atomic E-state index is 0.0809. The van der Waals surface area contributed by atoms with E-state index in [1.807, 2.05) is 25.1 Å². The van der Waals surface area contributed by atoms with Crippen LogP contribution in [0.15, 0.2) is 24.3 Å². The summed E-state index contributed by atoms with van der Waals surface area (Å²) < 4.78 is 5.44. The van der Waals surface area contributed by atoms with E-state index < -0.39 is 0 Å². The molecule has 4 heteroatoms. The number of alkyl halides is 1. The lowest BCUT2D eigenvalue weighted by molar-refractivity contribution is 0.0949. The molecule has 1 N–H and O–H groups in total. The van der Waals surface area contributed by atoms with E-state index in [-0.39, 0.29) is 5.91 Å². The van der Waals surface area contributed by atoms with E-state index in [0.717, 1.165) is 12.8 Å². The second-order valence-corrected chi connectivity index (χ2v) is 4.90. The van der Waals surface area contributed by atoms with Crippen molar-refractivity contribution in [3.05, 3.63) is 29.8 Å². The zero-order valence-electron chi connectivity index (χ0n) is 11.6. The predicted molar refractivity (Wildman–Crippen MR) is 79.1 cm³/mol. The van der Waals surface area contributed by atoms with Gasteiger partial charge in [0.25, 0.3) is 5.91 Å². The molecule has 0 aliphatic heterocycles. The quantitative estimate of drug-likeness (QED) is 0.586. The Morgan fingerprint density at radius 1 is 1.42 bits per heavy atom.